The van der Waals surface area contributed by atoms with Crippen molar-refractivity contribution in [1.29, 1.82) is 0 Å². The molecule has 1 rings (SSSR count). The van der Waals surface area contributed by atoms with Crippen LogP contribution in [0.25, 0.3) is 0 Å². The molecule has 0 fully saturated rings. The van der Waals surface area contributed by atoms with Gasteiger partial charge < -0.3 is 4.74 Å². The number of hydrogen-bond donors (Lipinski definition) is 0. The maximum absolute atomic E-state index is 13.0. The van der Waals surface area contributed by atoms with Crippen LogP contribution in [-0.2, 0) is 10.6 Å². The number of hydrogen-bond acceptors (Lipinski definition) is 3. The fourth-order valence-electron chi connectivity index (χ4n) is 1.27. The van der Waals surface area contributed by atoms with Crippen molar-refractivity contribution in [2.24, 2.45) is 0 Å². The van der Waals surface area contributed by atoms with Crippen LogP contribution >= 0.6 is 11.6 Å². The molecule has 1 aromatic rings. The van der Waals surface area contributed by atoms with Crippen molar-refractivity contribution in [1.82, 2.24) is 4.98 Å². The van der Waals surface area contributed by atoms with Gasteiger partial charge in [0.15, 0.2) is 0 Å². The Balaban J connectivity index is 3.32. The van der Waals surface area contributed by atoms with Crippen LogP contribution in [0.15, 0.2) is 6.07 Å². The van der Waals surface area contributed by atoms with Crippen molar-refractivity contribution in [3.05, 3.63) is 28.8 Å². The Morgan fingerprint density at radius 3 is 2.71 bits per heavy atom. The lowest BCUT2D eigenvalue weighted by Gasteiger charge is -2.10. The lowest BCUT2D eigenvalue weighted by Crippen LogP contribution is -2.12. The number of halogens is 4. The minimum Gasteiger partial charge on any atom is -0.462 e. The van der Waals surface area contributed by atoms with Gasteiger partial charge in [0.2, 0.25) is 5.95 Å². The minimum atomic E-state index is -3.01. The smallest absolute Gasteiger partial charge is 0.338 e. The van der Waals surface area contributed by atoms with Crippen LogP contribution in [0.4, 0.5) is 13.2 Å². The number of alkyl halides is 3. The number of ether oxygens (including phenoxy) is 1. The Morgan fingerprint density at radius 2 is 2.24 bits per heavy atom. The maximum Gasteiger partial charge on any atom is 0.338 e. The molecule has 0 aliphatic carbocycles. The fraction of sp³-hybridized carbons (Fsp3) is 0.400. The largest absolute Gasteiger partial charge is 0.462 e. The molecule has 7 heteroatoms. The predicted octanol–water partition coefficient (Wildman–Crippen LogP) is 3.07. The van der Waals surface area contributed by atoms with Gasteiger partial charge in [-0.2, -0.15) is 4.39 Å². The first kappa shape index (κ1) is 13.8. The molecular weight excluding hydrogens is 259 g/mol. The van der Waals surface area contributed by atoms with Crippen LogP contribution in [0.2, 0.25) is 0 Å². The molecule has 0 N–H and O–H groups in total. The zero-order valence-corrected chi connectivity index (χ0v) is 9.60. The Labute approximate surface area is 101 Å². The molecule has 1 heterocycles. The van der Waals surface area contributed by atoms with E-state index in [2.05, 4.69) is 9.72 Å². The number of carbonyl (C=O) groups excluding carboxylic acids is 1. The molecule has 1 aromatic heterocycles. The van der Waals surface area contributed by atoms with E-state index in [0.29, 0.717) is 0 Å². The van der Waals surface area contributed by atoms with E-state index in [4.69, 9.17) is 11.6 Å². The van der Waals surface area contributed by atoms with Crippen LogP contribution < -0.4 is 0 Å². The topological polar surface area (TPSA) is 39.2 Å². The van der Waals surface area contributed by atoms with Gasteiger partial charge in [-0.1, -0.05) is 0 Å². The maximum atomic E-state index is 13.0. The van der Waals surface area contributed by atoms with E-state index in [1.807, 2.05) is 0 Å². The van der Waals surface area contributed by atoms with Crippen molar-refractivity contribution < 1.29 is 22.7 Å². The number of carbonyl (C=O) groups is 1. The summed E-state index contributed by atoms with van der Waals surface area (Å²) in [7, 11) is 0. The van der Waals surface area contributed by atoms with Crippen LogP contribution in [-0.4, -0.2) is 17.6 Å². The summed E-state index contributed by atoms with van der Waals surface area (Å²) in [5, 5.41) is 0. The summed E-state index contributed by atoms with van der Waals surface area (Å²) in [6.07, 6.45) is -3.01. The van der Waals surface area contributed by atoms with E-state index in [1.165, 1.54) is 0 Å². The zero-order valence-electron chi connectivity index (χ0n) is 8.84. The van der Waals surface area contributed by atoms with E-state index < -0.39 is 24.0 Å². The highest BCUT2D eigenvalue weighted by molar-refractivity contribution is 6.17. The summed E-state index contributed by atoms with van der Waals surface area (Å²) in [5.41, 5.74) is -1.35. The summed E-state index contributed by atoms with van der Waals surface area (Å²) < 4.78 is 42.8. The third-order valence-corrected chi connectivity index (χ3v) is 2.23. The van der Waals surface area contributed by atoms with Crippen LogP contribution in [0.3, 0.4) is 0 Å². The molecule has 0 atom stereocenters. The molecule has 0 aromatic carbocycles. The SMILES string of the molecule is CCOC(=O)c1cc(F)nc(C(F)F)c1CCl. The average Bonchev–Trinajstić information content (AvgIpc) is 2.28. The van der Waals surface area contributed by atoms with Gasteiger partial charge in [0.1, 0.15) is 5.69 Å². The molecule has 3 nitrogen and oxygen atoms in total. The monoisotopic (exact) mass is 267 g/mol. The summed E-state index contributed by atoms with van der Waals surface area (Å²) in [6, 6.07) is 0.738. The van der Waals surface area contributed by atoms with Crippen molar-refractivity contribution in [2.45, 2.75) is 19.2 Å². The van der Waals surface area contributed by atoms with E-state index >= 15 is 0 Å². The van der Waals surface area contributed by atoms with E-state index in [9.17, 15) is 18.0 Å². The Hall–Kier alpha value is -1.30. The van der Waals surface area contributed by atoms with Gasteiger partial charge in [-0.15, -0.1) is 11.6 Å². The molecule has 0 saturated heterocycles. The van der Waals surface area contributed by atoms with Crippen LogP contribution in [0.1, 0.15) is 35.0 Å². The molecule has 0 spiro atoms. The van der Waals surface area contributed by atoms with Gasteiger partial charge in [-0.25, -0.2) is 18.6 Å². The van der Waals surface area contributed by atoms with Gasteiger partial charge in [0, 0.05) is 11.6 Å². The second-order valence-corrected chi connectivity index (χ2v) is 3.28. The van der Waals surface area contributed by atoms with E-state index in [0.717, 1.165) is 6.07 Å². The van der Waals surface area contributed by atoms with Gasteiger partial charge in [0.05, 0.1) is 18.1 Å². The Kier molecular flexibility index (Phi) is 4.74. The van der Waals surface area contributed by atoms with Crippen molar-refractivity contribution in [3.63, 3.8) is 0 Å². The number of esters is 1. The fourth-order valence-corrected chi connectivity index (χ4v) is 1.55. The second-order valence-electron chi connectivity index (χ2n) is 3.01. The molecular formula is C10H9ClF3NO2. The van der Waals surface area contributed by atoms with Crippen molar-refractivity contribution in [3.8, 4) is 0 Å². The quantitative estimate of drug-likeness (QED) is 0.478. The molecule has 0 unspecified atom stereocenters. The predicted molar refractivity (Wildman–Crippen MR) is 54.7 cm³/mol. The molecule has 0 radical (unpaired) electrons. The molecule has 0 aliphatic heterocycles. The summed E-state index contributed by atoms with van der Waals surface area (Å²) >= 11 is 5.47. The molecule has 0 amide bonds. The Morgan fingerprint density at radius 1 is 1.59 bits per heavy atom. The first-order valence-corrected chi connectivity index (χ1v) is 5.25. The molecule has 0 saturated carbocycles. The molecule has 0 bridgehead atoms. The third kappa shape index (κ3) is 3.09. The first-order valence-electron chi connectivity index (χ1n) is 4.71. The van der Waals surface area contributed by atoms with Gasteiger partial charge in [-0.3, -0.25) is 0 Å². The number of aromatic nitrogens is 1. The second kappa shape index (κ2) is 5.86. The standard InChI is InChI=1S/C10H9ClF3NO2/c1-2-17-10(16)5-3-7(12)15-8(9(13)14)6(5)4-11/h3,9H,2,4H2,1H3. The normalized spacial score (nSPS) is 10.7. The Bertz CT molecular complexity index is 426. The number of pyridine rings is 1. The third-order valence-electron chi connectivity index (χ3n) is 1.96. The summed E-state index contributed by atoms with van der Waals surface area (Å²) in [6.45, 7) is 1.60. The highest BCUT2D eigenvalue weighted by Gasteiger charge is 2.23. The van der Waals surface area contributed by atoms with Crippen molar-refractivity contribution in [2.75, 3.05) is 6.61 Å². The number of nitrogens with zero attached hydrogens (tertiary/aromatic N) is 1. The van der Waals surface area contributed by atoms with Crippen molar-refractivity contribution >= 4 is 17.6 Å². The molecule has 94 valence electrons. The average molecular weight is 268 g/mol. The zero-order chi connectivity index (χ0) is 13.0. The highest BCUT2D eigenvalue weighted by Crippen LogP contribution is 2.26. The van der Waals surface area contributed by atoms with E-state index in [1.54, 1.807) is 6.92 Å². The van der Waals surface area contributed by atoms with Gasteiger partial charge in [-0.05, 0) is 6.92 Å². The summed E-state index contributed by atoms with van der Waals surface area (Å²) in [4.78, 5) is 14.5. The first-order chi connectivity index (χ1) is 8.01. The number of rotatable bonds is 4. The van der Waals surface area contributed by atoms with E-state index in [-0.39, 0.29) is 23.6 Å². The lowest BCUT2D eigenvalue weighted by molar-refractivity contribution is 0.0523. The highest BCUT2D eigenvalue weighted by atomic mass is 35.5. The molecule has 17 heavy (non-hydrogen) atoms. The van der Waals surface area contributed by atoms with Gasteiger partial charge in [0.25, 0.3) is 6.43 Å². The summed E-state index contributed by atoms with van der Waals surface area (Å²) in [5.74, 6) is -2.44. The van der Waals surface area contributed by atoms with Crippen LogP contribution in [0, 0.1) is 5.95 Å². The van der Waals surface area contributed by atoms with Crippen LogP contribution in [0.5, 0.6) is 0 Å². The van der Waals surface area contributed by atoms with Gasteiger partial charge >= 0.3 is 5.97 Å². The molecule has 0 aliphatic rings. The lowest BCUT2D eigenvalue weighted by atomic mass is 10.1. The minimum absolute atomic E-state index is 0.0501.